The van der Waals surface area contributed by atoms with Crippen molar-refractivity contribution in [1.82, 2.24) is 4.98 Å². The maximum atomic E-state index is 11.5. The van der Waals surface area contributed by atoms with Crippen LogP contribution in [0.15, 0.2) is 29.2 Å². The highest BCUT2D eigenvalue weighted by molar-refractivity contribution is 5.89. The van der Waals surface area contributed by atoms with E-state index in [1.165, 1.54) is 5.56 Å². The largest absolute Gasteiger partial charge is 0.492 e. The zero-order valence-corrected chi connectivity index (χ0v) is 7.54. The van der Waals surface area contributed by atoms with Crippen LogP contribution in [0.25, 0.3) is 10.8 Å². The second-order valence-corrected chi connectivity index (χ2v) is 3.42. The molecule has 2 aromatic rings. The number of H-pyrrole nitrogens is 1. The van der Waals surface area contributed by atoms with Gasteiger partial charge in [0.05, 0.1) is 12.0 Å². The van der Waals surface area contributed by atoms with Gasteiger partial charge in [0.1, 0.15) is 5.75 Å². The molecule has 0 saturated heterocycles. The number of nitrogens with one attached hydrogen (secondary N) is 1. The summed E-state index contributed by atoms with van der Waals surface area (Å²) in [6, 6.07) is 5.72. The molecule has 0 spiro atoms. The number of aromatic nitrogens is 1. The summed E-state index contributed by atoms with van der Waals surface area (Å²) < 4.78 is 5.51. The number of hydrogen-bond acceptors (Lipinski definition) is 2. The van der Waals surface area contributed by atoms with Crippen LogP contribution in [0.2, 0.25) is 0 Å². The Morgan fingerprint density at radius 3 is 3.07 bits per heavy atom. The topological polar surface area (TPSA) is 42.1 Å². The van der Waals surface area contributed by atoms with Gasteiger partial charge in [-0.05, 0) is 17.7 Å². The van der Waals surface area contributed by atoms with Crippen LogP contribution in [0.5, 0.6) is 5.75 Å². The summed E-state index contributed by atoms with van der Waals surface area (Å²) in [6.07, 6.45) is 2.60. The molecule has 0 saturated carbocycles. The van der Waals surface area contributed by atoms with Crippen molar-refractivity contribution < 1.29 is 4.74 Å². The van der Waals surface area contributed by atoms with Gasteiger partial charge in [0.25, 0.3) is 5.56 Å². The minimum absolute atomic E-state index is 0.0548. The predicted molar refractivity (Wildman–Crippen MR) is 53.8 cm³/mol. The molecule has 1 aliphatic heterocycles. The summed E-state index contributed by atoms with van der Waals surface area (Å²) in [4.78, 5) is 14.1. The molecule has 0 unspecified atom stereocenters. The molecule has 3 rings (SSSR count). The maximum absolute atomic E-state index is 11.5. The molecule has 0 bridgehead atoms. The van der Waals surface area contributed by atoms with E-state index in [-0.39, 0.29) is 5.56 Å². The van der Waals surface area contributed by atoms with Crippen LogP contribution in [0, 0.1) is 0 Å². The lowest BCUT2D eigenvalue weighted by atomic mass is 10.1. The minimum Gasteiger partial charge on any atom is -0.492 e. The van der Waals surface area contributed by atoms with Gasteiger partial charge < -0.3 is 9.72 Å². The molecule has 0 amide bonds. The van der Waals surface area contributed by atoms with Crippen molar-refractivity contribution in [2.75, 3.05) is 6.61 Å². The summed E-state index contributed by atoms with van der Waals surface area (Å²) in [5.74, 6) is 0.883. The van der Waals surface area contributed by atoms with Gasteiger partial charge in [-0.2, -0.15) is 0 Å². The molecule has 0 radical (unpaired) electrons. The van der Waals surface area contributed by atoms with E-state index in [2.05, 4.69) is 4.98 Å². The van der Waals surface area contributed by atoms with E-state index in [1.807, 2.05) is 18.2 Å². The van der Waals surface area contributed by atoms with Crippen molar-refractivity contribution in [3.8, 4) is 5.75 Å². The average Bonchev–Trinajstić information content (AvgIpc) is 2.66. The lowest BCUT2D eigenvalue weighted by Crippen LogP contribution is -2.04. The van der Waals surface area contributed by atoms with Crippen molar-refractivity contribution in [1.29, 1.82) is 0 Å². The normalized spacial score (nSPS) is 14.0. The van der Waals surface area contributed by atoms with Crippen LogP contribution < -0.4 is 10.3 Å². The van der Waals surface area contributed by atoms with Crippen LogP contribution in [0.1, 0.15) is 5.56 Å². The molecule has 1 aliphatic rings. The number of fused-ring (bicyclic) bond motifs is 3. The fraction of sp³-hybridized carbons (Fsp3) is 0.182. The van der Waals surface area contributed by atoms with Crippen molar-refractivity contribution in [3.63, 3.8) is 0 Å². The molecule has 3 heteroatoms. The fourth-order valence-corrected chi connectivity index (χ4v) is 1.92. The number of hydrogen-bond donors (Lipinski definition) is 1. The Morgan fingerprint density at radius 2 is 2.14 bits per heavy atom. The van der Waals surface area contributed by atoms with Crippen LogP contribution in [-0.2, 0) is 6.42 Å². The molecule has 70 valence electrons. The van der Waals surface area contributed by atoms with Gasteiger partial charge in [0.15, 0.2) is 0 Å². The van der Waals surface area contributed by atoms with Gasteiger partial charge in [-0.15, -0.1) is 0 Å². The van der Waals surface area contributed by atoms with E-state index in [9.17, 15) is 4.79 Å². The maximum Gasteiger partial charge on any atom is 0.255 e. The third-order valence-electron chi connectivity index (χ3n) is 2.60. The Kier molecular flexibility index (Phi) is 1.42. The first kappa shape index (κ1) is 7.62. The molecule has 1 aromatic carbocycles. The number of ether oxygens (including phenoxy) is 1. The molecular weight excluding hydrogens is 178 g/mol. The standard InChI is InChI=1S/C11H9NO2/c13-11-9-2-1-7-4-6-14-10(7)8(9)3-5-12-11/h1-3,5H,4,6H2,(H,12,13). The summed E-state index contributed by atoms with van der Waals surface area (Å²) in [5.41, 5.74) is 1.14. The van der Waals surface area contributed by atoms with Crippen LogP contribution >= 0.6 is 0 Å². The van der Waals surface area contributed by atoms with E-state index in [0.29, 0.717) is 5.39 Å². The van der Waals surface area contributed by atoms with E-state index in [4.69, 9.17) is 4.74 Å². The molecular formula is C11H9NO2. The predicted octanol–water partition coefficient (Wildman–Crippen LogP) is 1.46. The highest BCUT2D eigenvalue weighted by Crippen LogP contribution is 2.32. The molecule has 1 aromatic heterocycles. The third-order valence-corrected chi connectivity index (χ3v) is 2.60. The van der Waals surface area contributed by atoms with Gasteiger partial charge in [0.2, 0.25) is 0 Å². The second-order valence-electron chi connectivity index (χ2n) is 3.42. The van der Waals surface area contributed by atoms with Gasteiger partial charge in [-0.1, -0.05) is 6.07 Å². The fourth-order valence-electron chi connectivity index (χ4n) is 1.92. The molecule has 14 heavy (non-hydrogen) atoms. The highest BCUT2D eigenvalue weighted by Gasteiger charge is 2.15. The number of pyridine rings is 1. The molecule has 2 heterocycles. The third kappa shape index (κ3) is 0.894. The first-order chi connectivity index (χ1) is 6.86. The highest BCUT2D eigenvalue weighted by atomic mass is 16.5. The Hall–Kier alpha value is -1.77. The number of rotatable bonds is 0. The Balaban J connectivity index is 2.50. The van der Waals surface area contributed by atoms with Gasteiger partial charge in [-0.3, -0.25) is 4.79 Å². The SMILES string of the molecule is O=c1[nH]ccc2c3c(ccc12)CCO3. The van der Waals surface area contributed by atoms with E-state index in [0.717, 1.165) is 24.2 Å². The molecule has 0 fully saturated rings. The van der Waals surface area contributed by atoms with Crippen molar-refractivity contribution in [3.05, 3.63) is 40.3 Å². The van der Waals surface area contributed by atoms with Gasteiger partial charge in [0, 0.05) is 18.0 Å². The van der Waals surface area contributed by atoms with Crippen LogP contribution in [0.4, 0.5) is 0 Å². The molecule has 3 nitrogen and oxygen atoms in total. The second kappa shape index (κ2) is 2.61. The molecule has 0 aliphatic carbocycles. The summed E-state index contributed by atoms with van der Waals surface area (Å²) >= 11 is 0. The van der Waals surface area contributed by atoms with E-state index < -0.39 is 0 Å². The first-order valence-electron chi connectivity index (χ1n) is 4.62. The monoisotopic (exact) mass is 187 g/mol. The van der Waals surface area contributed by atoms with E-state index >= 15 is 0 Å². The zero-order valence-electron chi connectivity index (χ0n) is 7.54. The summed E-state index contributed by atoms with van der Waals surface area (Å²) in [7, 11) is 0. The zero-order chi connectivity index (χ0) is 9.54. The Bertz CT molecular complexity index is 557. The van der Waals surface area contributed by atoms with Crippen molar-refractivity contribution in [2.45, 2.75) is 6.42 Å². The summed E-state index contributed by atoms with van der Waals surface area (Å²) in [6.45, 7) is 0.723. The summed E-state index contributed by atoms with van der Waals surface area (Å²) in [5, 5.41) is 1.62. The molecule has 0 atom stereocenters. The smallest absolute Gasteiger partial charge is 0.255 e. The van der Waals surface area contributed by atoms with Gasteiger partial charge in [-0.25, -0.2) is 0 Å². The average molecular weight is 187 g/mol. The Morgan fingerprint density at radius 1 is 1.21 bits per heavy atom. The quantitative estimate of drug-likeness (QED) is 0.678. The first-order valence-corrected chi connectivity index (χ1v) is 4.62. The van der Waals surface area contributed by atoms with Crippen LogP contribution in [0.3, 0.4) is 0 Å². The van der Waals surface area contributed by atoms with Crippen LogP contribution in [-0.4, -0.2) is 11.6 Å². The lowest BCUT2D eigenvalue weighted by molar-refractivity contribution is 0.360. The minimum atomic E-state index is -0.0548. The Labute approximate surface area is 80.3 Å². The van der Waals surface area contributed by atoms with Crippen molar-refractivity contribution in [2.24, 2.45) is 0 Å². The lowest BCUT2D eigenvalue weighted by Gasteiger charge is -2.03. The molecule has 1 N–H and O–H groups in total. The number of benzene rings is 1. The van der Waals surface area contributed by atoms with Crippen molar-refractivity contribution >= 4 is 10.8 Å². The van der Waals surface area contributed by atoms with Gasteiger partial charge >= 0.3 is 0 Å². The number of aromatic amines is 1. The van der Waals surface area contributed by atoms with E-state index in [1.54, 1.807) is 6.20 Å².